The van der Waals surface area contributed by atoms with Crippen molar-refractivity contribution in [2.45, 2.75) is 66.5 Å². The number of aromatic nitrogens is 2. The van der Waals surface area contributed by atoms with E-state index in [9.17, 15) is 9.59 Å². The molecule has 4 atom stereocenters. The third-order valence-corrected chi connectivity index (χ3v) is 7.25. The third-order valence-electron chi connectivity index (χ3n) is 6.90. The molecule has 1 heterocycles. The summed E-state index contributed by atoms with van der Waals surface area (Å²) in [6, 6.07) is 0.194. The Kier molecular flexibility index (Phi) is 6.46. The molecule has 0 radical (unpaired) electrons. The van der Waals surface area contributed by atoms with Crippen molar-refractivity contribution in [3.63, 3.8) is 0 Å². The number of halogens is 1. The van der Waals surface area contributed by atoms with Crippen LogP contribution in [-0.2, 0) is 16.1 Å². The van der Waals surface area contributed by atoms with E-state index < -0.39 is 11.5 Å². The molecule has 2 aliphatic carbocycles. The van der Waals surface area contributed by atoms with Gasteiger partial charge in [-0.05, 0) is 56.3 Å². The standard InChI is InChI=1S/C21H32ClN3O4/c1-6-28-16(26)11-25-20(27)17(22)18(19(24-25)29-7-2)23-15-10-13-8-9-14(12(15)3)21(13,4)5/h12-15,23H,6-11H2,1-5H3/t12-,13+,14-,15-/m1/s1. The smallest absolute Gasteiger partial charge is 0.327 e. The molecule has 8 heteroatoms. The zero-order chi connectivity index (χ0) is 21.3. The zero-order valence-corrected chi connectivity index (χ0v) is 18.7. The van der Waals surface area contributed by atoms with Crippen LogP contribution >= 0.6 is 11.6 Å². The number of ether oxygens (including phenoxy) is 2. The minimum atomic E-state index is -0.541. The zero-order valence-electron chi connectivity index (χ0n) is 18.0. The van der Waals surface area contributed by atoms with Crippen molar-refractivity contribution >= 4 is 23.3 Å². The molecule has 162 valence electrons. The van der Waals surface area contributed by atoms with E-state index in [0.29, 0.717) is 35.5 Å². The normalized spacial score (nSPS) is 27.5. The Bertz CT molecular complexity index is 823. The van der Waals surface area contributed by atoms with E-state index in [1.165, 1.54) is 12.8 Å². The minimum Gasteiger partial charge on any atom is -0.475 e. The third kappa shape index (κ3) is 4.11. The van der Waals surface area contributed by atoms with Gasteiger partial charge < -0.3 is 14.8 Å². The molecule has 0 spiro atoms. The molecular formula is C21H32ClN3O4. The van der Waals surface area contributed by atoms with Crippen LogP contribution < -0.4 is 15.6 Å². The van der Waals surface area contributed by atoms with Crippen molar-refractivity contribution in [2.24, 2.45) is 23.2 Å². The summed E-state index contributed by atoms with van der Waals surface area (Å²) in [7, 11) is 0. The van der Waals surface area contributed by atoms with Crippen molar-refractivity contribution < 1.29 is 14.3 Å². The van der Waals surface area contributed by atoms with Crippen molar-refractivity contribution in [1.29, 1.82) is 0 Å². The van der Waals surface area contributed by atoms with Gasteiger partial charge >= 0.3 is 5.97 Å². The monoisotopic (exact) mass is 425 g/mol. The second-order valence-corrected chi connectivity index (χ2v) is 9.12. The quantitative estimate of drug-likeness (QED) is 0.670. The Morgan fingerprint density at radius 3 is 2.69 bits per heavy atom. The Morgan fingerprint density at radius 1 is 1.31 bits per heavy atom. The van der Waals surface area contributed by atoms with Crippen LogP contribution in [0.15, 0.2) is 4.79 Å². The Labute approximate surface area is 177 Å². The first-order chi connectivity index (χ1) is 13.7. The summed E-state index contributed by atoms with van der Waals surface area (Å²) in [5.41, 5.74) is 0.234. The molecular weight excluding hydrogens is 394 g/mol. The highest BCUT2D eigenvalue weighted by Crippen LogP contribution is 2.57. The van der Waals surface area contributed by atoms with Gasteiger partial charge in [-0.25, -0.2) is 4.68 Å². The maximum Gasteiger partial charge on any atom is 0.327 e. The number of hydrogen-bond acceptors (Lipinski definition) is 6. The summed E-state index contributed by atoms with van der Waals surface area (Å²) in [6.07, 6.45) is 3.51. The lowest BCUT2D eigenvalue weighted by Crippen LogP contribution is -2.45. The van der Waals surface area contributed by atoms with Gasteiger partial charge in [-0.2, -0.15) is 0 Å². The second kappa shape index (κ2) is 8.54. The van der Waals surface area contributed by atoms with Crippen LogP contribution in [0.25, 0.3) is 0 Å². The lowest BCUT2D eigenvalue weighted by Gasteiger charge is -2.46. The van der Waals surface area contributed by atoms with Crippen LogP contribution in [0.2, 0.25) is 5.02 Å². The van der Waals surface area contributed by atoms with Gasteiger partial charge in [0.25, 0.3) is 11.4 Å². The number of nitrogens with one attached hydrogen (secondary N) is 1. The highest BCUT2D eigenvalue weighted by molar-refractivity contribution is 6.33. The summed E-state index contributed by atoms with van der Waals surface area (Å²) in [6.45, 7) is 10.9. The summed E-state index contributed by atoms with van der Waals surface area (Å²) in [5, 5.41) is 7.74. The topological polar surface area (TPSA) is 82.5 Å². The van der Waals surface area contributed by atoms with E-state index in [1.807, 2.05) is 6.92 Å². The fourth-order valence-electron chi connectivity index (χ4n) is 5.29. The van der Waals surface area contributed by atoms with Gasteiger partial charge in [0.1, 0.15) is 17.3 Å². The average molecular weight is 426 g/mol. The second-order valence-electron chi connectivity index (χ2n) is 8.74. The number of fused-ring (bicyclic) bond motifs is 2. The average Bonchev–Trinajstić information content (AvgIpc) is 2.83. The number of anilines is 1. The van der Waals surface area contributed by atoms with Crippen LogP contribution in [0.1, 0.15) is 53.9 Å². The van der Waals surface area contributed by atoms with Crippen molar-refractivity contribution in [2.75, 3.05) is 18.5 Å². The Morgan fingerprint density at radius 2 is 2.03 bits per heavy atom. The highest BCUT2D eigenvalue weighted by Gasteiger charge is 2.51. The van der Waals surface area contributed by atoms with E-state index in [2.05, 4.69) is 31.2 Å². The molecule has 1 N–H and O–H groups in total. The lowest BCUT2D eigenvalue weighted by molar-refractivity contribution is -0.144. The van der Waals surface area contributed by atoms with Crippen molar-refractivity contribution in [3.05, 3.63) is 15.4 Å². The lowest BCUT2D eigenvalue weighted by atomic mass is 9.62. The van der Waals surface area contributed by atoms with E-state index >= 15 is 0 Å². The SMILES string of the molecule is CCOC(=O)Cn1nc(OCC)c(N[C@@H]2C[C@@H]3CC[C@H]([C@H]2C)C3(C)C)c(Cl)c1=O. The predicted octanol–water partition coefficient (Wildman–Crippen LogP) is 3.73. The molecule has 0 saturated heterocycles. The number of carbonyl (C=O) groups excluding carboxylic acids is 1. The van der Waals surface area contributed by atoms with Gasteiger partial charge in [-0.1, -0.05) is 32.4 Å². The first-order valence-corrected chi connectivity index (χ1v) is 10.9. The summed E-state index contributed by atoms with van der Waals surface area (Å²) in [4.78, 5) is 24.5. The maximum absolute atomic E-state index is 12.7. The molecule has 0 amide bonds. The molecule has 0 unspecified atom stereocenters. The summed E-state index contributed by atoms with van der Waals surface area (Å²) in [5.74, 6) is 1.42. The molecule has 0 aromatic carbocycles. The molecule has 29 heavy (non-hydrogen) atoms. The molecule has 0 aliphatic heterocycles. The van der Waals surface area contributed by atoms with Crippen molar-refractivity contribution in [1.82, 2.24) is 9.78 Å². The summed E-state index contributed by atoms with van der Waals surface area (Å²) < 4.78 is 11.6. The fraction of sp³-hybridized carbons (Fsp3) is 0.762. The minimum absolute atomic E-state index is 0.00266. The van der Waals surface area contributed by atoms with Gasteiger partial charge in [0.15, 0.2) is 0 Å². The van der Waals surface area contributed by atoms with Crippen LogP contribution in [0.4, 0.5) is 5.69 Å². The molecule has 2 aliphatic rings. The Balaban J connectivity index is 1.90. The largest absolute Gasteiger partial charge is 0.475 e. The molecule has 1 aromatic rings. The van der Waals surface area contributed by atoms with Gasteiger partial charge in [0.2, 0.25) is 0 Å². The van der Waals surface area contributed by atoms with Crippen LogP contribution in [0.3, 0.4) is 0 Å². The Hall–Kier alpha value is -1.76. The maximum atomic E-state index is 12.7. The molecule has 2 bridgehead atoms. The number of rotatable bonds is 7. The first-order valence-electron chi connectivity index (χ1n) is 10.6. The molecule has 1 aromatic heterocycles. The van der Waals surface area contributed by atoms with Gasteiger partial charge in [0, 0.05) is 6.04 Å². The van der Waals surface area contributed by atoms with E-state index in [-0.39, 0.29) is 30.1 Å². The van der Waals surface area contributed by atoms with Crippen LogP contribution in [-0.4, -0.2) is 35.0 Å². The van der Waals surface area contributed by atoms with Gasteiger partial charge in [0.05, 0.1) is 13.2 Å². The molecule has 7 nitrogen and oxygen atoms in total. The van der Waals surface area contributed by atoms with Gasteiger partial charge in [-0.3, -0.25) is 9.59 Å². The fourth-order valence-corrected chi connectivity index (χ4v) is 5.52. The van der Waals surface area contributed by atoms with Gasteiger partial charge in [-0.15, -0.1) is 5.10 Å². The van der Waals surface area contributed by atoms with Crippen LogP contribution in [0.5, 0.6) is 5.88 Å². The predicted molar refractivity (Wildman–Crippen MR) is 112 cm³/mol. The molecule has 2 saturated carbocycles. The van der Waals surface area contributed by atoms with E-state index in [0.717, 1.165) is 11.1 Å². The van der Waals surface area contributed by atoms with E-state index in [4.69, 9.17) is 21.1 Å². The van der Waals surface area contributed by atoms with E-state index in [1.54, 1.807) is 6.92 Å². The number of carbonyl (C=O) groups is 1. The number of esters is 1. The van der Waals surface area contributed by atoms with Crippen molar-refractivity contribution in [3.8, 4) is 5.88 Å². The number of hydrogen-bond donors (Lipinski definition) is 1. The number of nitrogens with zero attached hydrogens (tertiary/aromatic N) is 2. The molecule has 3 rings (SSSR count). The molecule has 2 fully saturated rings. The first kappa shape index (κ1) is 21.9. The highest BCUT2D eigenvalue weighted by atomic mass is 35.5. The van der Waals surface area contributed by atoms with Crippen LogP contribution in [0, 0.1) is 23.2 Å². The summed E-state index contributed by atoms with van der Waals surface area (Å²) >= 11 is 6.44.